The molecule has 108 valence electrons. The molecule has 0 atom stereocenters. The molecule has 1 aliphatic heterocycles. The lowest BCUT2D eigenvalue weighted by Crippen LogP contribution is -2.52. The Balaban J connectivity index is 2.41. The standard InChI is InChI=1S/C14H23NO4/c1-6-18-12(16)7-10(2)11-8-15(9-11)13(17)19-14(3,4)5/h7,11H,6,8-9H2,1-5H3. The predicted molar refractivity (Wildman–Crippen MR) is 71.7 cm³/mol. The van der Waals surface area contributed by atoms with Gasteiger partial charge in [0.15, 0.2) is 0 Å². The summed E-state index contributed by atoms with van der Waals surface area (Å²) in [4.78, 5) is 24.7. The van der Waals surface area contributed by atoms with E-state index in [0.717, 1.165) is 5.57 Å². The molecule has 1 rings (SSSR count). The molecule has 0 bridgehead atoms. The van der Waals surface area contributed by atoms with Crippen molar-refractivity contribution in [1.82, 2.24) is 4.90 Å². The van der Waals surface area contributed by atoms with Crippen molar-refractivity contribution in [3.05, 3.63) is 11.6 Å². The molecule has 0 aromatic heterocycles. The number of rotatable bonds is 3. The number of amides is 1. The molecule has 1 aliphatic rings. The molecule has 5 heteroatoms. The lowest BCUT2D eigenvalue weighted by atomic mass is 9.92. The van der Waals surface area contributed by atoms with Crippen molar-refractivity contribution in [2.24, 2.45) is 5.92 Å². The fourth-order valence-electron chi connectivity index (χ4n) is 1.73. The van der Waals surface area contributed by atoms with Crippen LogP contribution in [0.25, 0.3) is 0 Å². The van der Waals surface area contributed by atoms with Crippen molar-refractivity contribution < 1.29 is 19.1 Å². The average molecular weight is 269 g/mol. The molecule has 1 heterocycles. The van der Waals surface area contributed by atoms with Crippen LogP contribution < -0.4 is 0 Å². The zero-order valence-electron chi connectivity index (χ0n) is 12.4. The van der Waals surface area contributed by atoms with Crippen LogP contribution in [0.2, 0.25) is 0 Å². The highest BCUT2D eigenvalue weighted by Crippen LogP contribution is 2.25. The van der Waals surface area contributed by atoms with Gasteiger partial charge < -0.3 is 14.4 Å². The second-order valence-electron chi connectivity index (χ2n) is 5.72. The van der Waals surface area contributed by atoms with Gasteiger partial charge in [-0.1, -0.05) is 5.57 Å². The van der Waals surface area contributed by atoms with Gasteiger partial charge in [-0.05, 0) is 34.6 Å². The fourth-order valence-corrected chi connectivity index (χ4v) is 1.73. The lowest BCUT2D eigenvalue weighted by molar-refractivity contribution is -0.137. The smallest absolute Gasteiger partial charge is 0.410 e. The van der Waals surface area contributed by atoms with E-state index in [0.29, 0.717) is 19.7 Å². The normalized spacial score (nSPS) is 16.9. The van der Waals surface area contributed by atoms with Gasteiger partial charge in [-0.3, -0.25) is 0 Å². The molecule has 0 aliphatic carbocycles. The summed E-state index contributed by atoms with van der Waals surface area (Å²) < 4.78 is 10.1. The molecule has 0 aromatic carbocycles. The number of hydrogen-bond donors (Lipinski definition) is 0. The molecule has 0 saturated carbocycles. The maximum Gasteiger partial charge on any atom is 0.410 e. The summed E-state index contributed by atoms with van der Waals surface area (Å²) in [5.74, 6) is -0.104. The molecular weight excluding hydrogens is 246 g/mol. The van der Waals surface area contributed by atoms with E-state index in [9.17, 15) is 9.59 Å². The Labute approximate surface area is 114 Å². The third-order valence-electron chi connectivity index (χ3n) is 2.81. The Morgan fingerprint density at radius 1 is 1.32 bits per heavy atom. The maximum atomic E-state index is 11.7. The van der Waals surface area contributed by atoms with Gasteiger partial charge in [0.2, 0.25) is 0 Å². The summed E-state index contributed by atoms with van der Waals surface area (Å²) in [5.41, 5.74) is 0.469. The zero-order valence-corrected chi connectivity index (χ0v) is 12.4. The minimum absolute atomic E-state index is 0.219. The largest absolute Gasteiger partial charge is 0.463 e. The maximum absolute atomic E-state index is 11.7. The van der Waals surface area contributed by atoms with Crippen LogP contribution >= 0.6 is 0 Å². The highest BCUT2D eigenvalue weighted by Gasteiger charge is 2.34. The molecule has 1 fully saturated rings. The molecule has 19 heavy (non-hydrogen) atoms. The summed E-state index contributed by atoms with van der Waals surface area (Å²) in [6.45, 7) is 10.7. The SMILES string of the molecule is CCOC(=O)C=C(C)C1CN(C(=O)OC(C)(C)C)C1. The number of ether oxygens (including phenoxy) is 2. The van der Waals surface area contributed by atoms with Crippen LogP contribution in [0.1, 0.15) is 34.6 Å². The monoisotopic (exact) mass is 269 g/mol. The van der Waals surface area contributed by atoms with Crippen LogP contribution in [0, 0.1) is 5.92 Å². The van der Waals surface area contributed by atoms with Crippen molar-refractivity contribution in [2.75, 3.05) is 19.7 Å². The molecule has 1 saturated heterocycles. The van der Waals surface area contributed by atoms with E-state index in [2.05, 4.69) is 0 Å². The van der Waals surface area contributed by atoms with Crippen LogP contribution in [-0.2, 0) is 14.3 Å². The topological polar surface area (TPSA) is 55.8 Å². The van der Waals surface area contributed by atoms with Crippen molar-refractivity contribution >= 4 is 12.1 Å². The van der Waals surface area contributed by atoms with Gasteiger partial charge in [0.05, 0.1) is 6.61 Å². The van der Waals surface area contributed by atoms with Gasteiger partial charge in [-0.25, -0.2) is 9.59 Å². The van der Waals surface area contributed by atoms with Crippen LogP contribution in [-0.4, -0.2) is 42.3 Å². The molecule has 0 aromatic rings. The summed E-state index contributed by atoms with van der Waals surface area (Å²) in [7, 11) is 0. The fraction of sp³-hybridized carbons (Fsp3) is 0.714. The highest BCUT2D eigenvalue weighted by molar-refractivity contribution is 5.83. The third-order valence-corrected chi connectivity index (χ3v) is 2.81. The number of carbonyl (C=O) groups excluding carboxylic acids is 2. The predicted octanol–water partition coefficient (Wildman–Crippen LogP) is 2.36. The van der Waals surface area contributed by atoms with Gasteiger partial charge in [-0.15, -0.1) is 0 Å². The highest BCUT2D eigenvalue weighted by atomic mass is 16.6. The van der Waals surface area contributed by atoms with Crippen LogP contribution in [0.3, 0.4) is 0 Å². The van der Waals surface area contributed by atoms with Gasteiger partial charge >= 0.3 is 12.1 Å². The van der Waals surface area contributed by atoms with E-state index in [-0.39, 0.29) is 18.0 Å². The Morgan fingerprint density at radius 2 is 1.89 bits per heavy atom. The average Bonchev–Trinajstić information content (AvgIpc) is 2.11. The van der Waals surface area contributed by atoms with Gasteiger partial charge in [0, 0.05) is 25.1 Å². The Kier molecular flexibility index (Phi) is 4.97. The van der Waals surface area contributed by atoms with E-state index in [1.165, 1.54) is 6.08 Å². The van der Waals surface area contributed by atoms with E-state index in [1.807, 2.05) is 27.7 Å². The van der Waals surface area contributed by atoms with E-state index in [1.54, 1.807) is 11.8 Å². The number of esters is 1. The molecule has 1 amide bonds. The summed E-state index contributed by atoms with van der Waals surface area (Å²) in [5, 5.41) is 0. The molecule has 0 N–H and O–H groups in total. The van der Waals surface area contributed by atoms with E-state index >= 15 is 0 Å². The van der Waals surface area contributed by atoms with E-state index in [4.69, 9.17) is 9.47 Å². The number of hydrogen-bond acceptors (Lipinski definition) is 4. The zero-order chi connectivity index (χ0) is 14.6. The summed E-state index contributed by atoms with van der Waals surface area (Å²) >= 11 is 0. The first-order chi connectivity index (χ1) is 8.73. The quantitative estimate of drug-likeness (QED) is 0.583. The number of likely N-dealkylation sites (tertiary alicyclic amines) is 1. The molecule has 0 unspecified atom stereocenters. The Morgan fingerprint density at radius 3 is 2.37 bits per heavy atom. The summed E-state index contributed by atoms with van der Waals surface area (Å²) in [6.07, 6.45) is 1.20. The van der Waals surface area contributed by atoms with Crippen molar-refractivity contribution in [3.63, 3.8) is 0 Å². The summed E-state index contributed by atoms with van der Waals surface area (Å²) in [6, 6.07) is 0. The van der Waals surface area contributed by atoms with Crippen LogP contribution in [0.15, 0.2) is 11.6 Å². The first-order valence-corrected chi connectivity index (χ1v) is 6.55. The molecule has 5 nitrogen and oxygen atoms in total. The van der Waals surface area contributed by atoms with Crippen molar-refractivity contribution in [1.29, 1.82) is 0 Å². The first-order valence-electron chi connectivity index (χ1n) is 6.55. The molecular formula is C14H23NO4. The second-order valence-corrected chi connectivity index (χ2v) is 5.72. The van der Waals surface area contributed by atoms with Gasteiger partial charge in [0.25, 0.3) is 0 Å². The van der Waals surface area contributed by atoms with Gasteiger partial charge in [-0.2, -0.15) is 0 Å². The number of nitrogens with zero attached hydrogens (tertiary/aromatic N) is 1. The second kappa shape index (κ2) is 6.08. The molecule has 0 radical (unpaired) electrons. The first kappa shape index (κ1) is 15.5. The van der Waals surface area contributed by atoms with Crippen molar-refractivity contribution in [3.8, 4) is 0 Å². The Hall–Kier alpha value is -1.52. The third kappa shape index (κ3) is 4.93. The number of carbonyl (C=O) groups is 2. The van der Waals surface area contributed by atoms with Gasteiger partial charge in [0.1, 0.15) is 5.60 Å². The van der Waals surface area contributed by atoms with Crippen LogP contribution in [0.4, 0.5) is 4.79 Å². The van der Waals surface area contributed by atoms with Crippen LogP contribution in [0.5, 0.6) is 0 Å². The minimum atomic E-state index is -0.474. The minimum Gasteiger partial charge on any atom is -0.463 e. The van der Waals surface area contributed by atoms with E-state index < -0.39 is 5.60 Å². The van der Waals surface area contributed by atoms with Crippen molar-refractivity contribution in [2.45, 2.75) is 40.2 Å². The molecule has 0 spiro atoms. The lowest BCUT2D eigenvalue weighted by Gasteiger charge is -2.40. The Bertz CT molecular complexity index is 375.